The predicted molar refractivity (Wildman–Crippen MR) is 87.6 cm³/mol. The standard InChI is InChI=1S/C15H20ClN3O2S/c1-9-7-15(10(2)6-14(9)16)22(20,21)18-11(3)13-8-17-19(5)12(13)4/h6-8,11,18H,1-5H3. The van der Waals surface area contributed by atoms with Crippen molar-refractivity contribution in [2.75, 3.05) is 0 Å². The summed E-state index contributed by atoms with van der Waals surface area (Å²) in [5, 5.41) is 4.71. The summed E-state index contributed by atoms with van der Waals surface area (Å²) in [7, 11) is -1.80. The zero-order valence-electron chi connectivity index (χ0n) is 13.3. The van der Waals surface area contributed by atoms with Gasteiger partial charge in [0.15, 0.2) is 0 Å². The van der Waals surface area contributed by atoms with E-state index in [1.807, 2.05) is 14.0 Å². The lowest BCUT2D eigenvalue weighted by Crippen LogP contribution is -2.28. The molecule has 0 aliphatic heterocycles. The fraction of sp³-hybridized carbons (Fsp3) is 0.400. The number of aryl methyl sites for hydroxylation is 3. The molecule has 2 aromatic rings. The second-order valence-electron chi connectivity index (χ2n) is 5.52. The lowest BCUT2D eigenvalue weighted by atomic mass is 10.1. The topological polar surface area (TPSA) is 64.0 Å². The van der Waals surface area contributed by atoms with Gasteiger partial charge < -0.3 is 0 Å². The van der Waals surface area contributed by atoms with Crippen LogP contribution in [-0.4, -0.2) is 18.2 Å². The maximum atomic E-state index is 12.6. The quantitative estimate of drug-likeness (QED) is 0.929. The molecule has 5 nitrogen and oxygen atoms in total. The highest BCUT2D eigenvalue weighted by atomic mass is 35.5. The average molecular weight is 342 g/mol. The zero-order valence-corrected chi connectivity index (χ0v) is 14.9. The first-order chi connectivity index (χ1) is 10.1. The van der Waals surface area contributed by atoms with Crippen LogP contribution >= 0.6 is 11.6 Å². The third-order valence-electron chi connectivity index (χ3n) is 3.82. The molecule has 0 saturated carbocycles. The maximum absolute atomic E-state index is 12.6. The van der Waals surface area contributed by atoms with Crippen molar-refractivity contribution >= 4 is 21.6 Å². The summed E-state index contributed by atoms with van der Waals surface area (Å²) in [5.41, 5.74) is 3.14. The van der Waals surface area contributed by atoms with Crippen molar-refractivity contribution in [1.29, 1.82) is 0 Å². The van der Waals surface area contributed by atoms with Gasteiger partial charge in [-0.2, -0.15) is 5.10 Å². The van der Waals surface area contributed by atoms with Crippen LogP contribution in [0.4, 0.5) is 0 Å². The Morgan fingerprint density at radius 3 is 2.41 bits per heavy atom. The van der Waals surface area contributed by atoms with Gasteiger partial charge in [-0.3, -0.25) is 4.68 Å². The van der Waals surface area contributed by atoms with Crippen LogP contribution in [0.3, 0.4) is 0 Å². The Balaban J connectivity index is 2.36. The van der Waals surface area contributed by atoms with Crippen LogP contribution in [0, 0.1) is 20.8 Å². The Labute approximate surface area is 136 Å². The van der Waals surface area contributed by atoms with Crippen molar-refractivity contribution in [3.8, 4) is 0 Å². The predicted octanol–water partition coefficient (Wildman–Crippen LogP) is 3.04. The molecule has 1 N–H and O–H groups in total. The van der Waals surface area contributed by atoms with E-state index < -0.39 is 10.0 Å². The molecular weight excluding hydrogens is 322 g/mol. The highest BCUT2D eigenvalue weighted by Crippen LogP contribution is 2.25. The fourth-order valence-corrected chi connectivity index (χ4v) is 4.10. The van der Waals surface area contributed by atoms with Crippen LogP contribution in [0.25, 0.3) is 0 Å². The fourth-order valence-electron chi connectivity index (χ4n) is 2.34. The lowest BCUT2D eigenvalue weighted by Gasteiger charge is -2.16. The molecule has 0 bridgehead atoms. The molecule has 1 aromatic carbocycles. The molecule has 0 saturated heterocycles. The highest BCUT2D eigenvalue weighted by Gasteiger charge is 2.23. The van der Waals surface area contributed by atoms with E-state index >= 15 is 0 Å². The van der Waals surface area contributed by atoms with E-state index in [4.69, 9.17) is 11.6 Å². The molecule has 1 atom stereocenters. The van der Waals surface area contributed by atoms with Crippen molar-refractivity contribution in [1.82, 2.24) is 14.5 Å². The largest absolute Gasteiger partial charge is 0.273 e. The number of nitrogens with one attached hydrogen (secondary N) is 1. The number of aromatic nitrogens is 2. The van der Waals surface area contributed by atoms with Crippen LogP contribution in [0.15, 0.2) is 23.2 Å². The zero-order chi connectivity index (χ0) is 16.7. The molecule has 1 unspecified atom stereocenters. The number of rotatable bonds is 4. The van der Waals surface area contributed by atoms with Gasteiger partial charge in [0.25, 0.3) is 0 Å². The number of hydrogen-bond acceptors (Lipinski definition) is 3. The van der Waals surface area contributed by atoms with Gasteiger partial charge in [-0.25, -0.2) is 13.1 Å². The van der Waals surface area contributed by atoms with Crippen LogP contribution in [-0.2, 0) is 17.1 Å². The molecule has 0 fully saturated rings. The van der Waals surface area contributed by atoms with Crippen LogP contribution in [0.2, 0.25) is 5.02 Å². The van der Waals surface area contributed by atoms with E-state index in [9.17, 15) is 8.42 Å². The summed E-state index contributed by atoms with van der Waals surface area (Å²) in [6.07, 6.45) is 1.68. The van der Waals surface area contributed by atoms with Gasteiger partial charge in [0.05, 0.1) is 11.1 Å². The normalized spacial score (nSPS) is 13.4. The van der Waals surface area contributed by atoms with Crippen molar-refractivity contribution in [2.45, 2.75) is 38.6 Å². The molecule has 120 valence electrons. The van der Waals surface area contributed by atoms with E-state index in [0.717, 1.165) is 16.8 Å². The Kier molecular flexibility index (Phi) is 4.65. The average Bonchev–Trinajstić information content (AvgIpc) is 2.73. The molecule has 1 heterocycles. The second kappa shape index (κ2) is 6.02. The number of benzene rings is 1. The Hall–Kier alpha value is -1.37. The maximum Gasteiger partial charge on any atom is 0.241 e. The molecular formula is C15H20ClN3O2S. The van der Waals surface area contributed by atoms with Crippen molar-refractivity contribution < 1.29 is 8.42 Å². The molecule has 0 amide bonds. The van der Waals surface area contributed by atoms with Gasteiger partial charge in [0, 0.05) is 29.4 Å². The van der Waals surface area contributed by atoms with Gasteiger partial charge in [0.2, 0.25) is 10.0 Å². The molecule has 7 heteroatoms. The molecule has 0 aliphatic rings. The van der Waals surface area contributed by atoms with Crippen LogP contribution in [0.5, 0.6) is 0 Å². The molecule has 2 rings (SSSR count). The van der Waals surface area contributed by atoms with E-state index in [0.29, 0.717) is 10.6 Å². The highest BCUT2D eigenvalue weighted by molar-refractivity contribution is 7.89. The monoisotopic (exact) mass is 341 g/mol. The summed E-state index contributed by atoms with van der Waals surface area (Å²) in [5.74, 6) is 0. The van der Waals surface area contributed by atoms with Gasteiger partial charge in [-0.05, 0) is 51.0 Å². The van der Waals surface area contributed by atoms with Crippen molar-refractivity contribution in [3.05, 3.63) is 45.7 Å². The summed E-state index contributed by atoms with van der Waals surface area (Å²) in [4.78, 5) is 0.253. The third-order valence-corrected chi connectivity index (χ3v) is 5.91. The first kappa shape index (κ1) is 17.0. The number of sulfonamides is 1. The Bertz CT molecular complexity index is 812. The lowest BCUT2D eigenvalue weighted by molar-refractivity contribution is 0.565. The van der Waals surface area contributed by atoms with Gasteiger partial charge in [-0.15, -0.1) is 0 Å². The van der Waals surface area contributed by atoms with Gasteiger partial charge in [0.1, 0.15) is 0 Å². The van der Waals surface area contributed by atoms with Crippen molar-refractivity contribution in [3.63, 3.8) is 0 Å². The minimum Gasteiger partial charge on any atom is -0.273 e. The molecule has 1 aromatic heterocycles. The van der Waals surface area contributed by atoms with E-state index in [1.54, 1.807) is 43.8 Å². The Morgan fingerprint density at radius 1 is 1.23 bits per heavy atom. The Morgan fingerprint density at radius 2 is 1.86 bits per heavy atom. The smallest absolute Gasteiger partial charge is 0.241 e. The van der Waals surface area contributed by atoms with E-state index in [-0.39, 0.29) is 10.9 Å². The first-order valence-electron chi connectivity index (χ1n) is 6.91. The SMILES string of the molecule is Cc1cc(S(=O)(=O)NC(C)c2cnn(C)c2C)c(C)cc1Cl. The minimum absolute atomic E-state index is 0.253. The first-order valence-corrected chi connectivity index (χ1v) is 8.77. The summed E-state index contributed by atoms with van der Waals surface area (Å²) >= 11 is 6.03. The minimum atomic E-state index is -3.63. The van der Waals surface area contributed by atoms with E-state index in [2.05, 4.69) is 9.82 Å². The molecule has 0 radical (unpaired) electrons. The molecule has 0 aliphatic carbocycles. The third kappa shape index (κ3) is 3.19. The van der Waals surface area contributed by atoms with Crippen molar-refractivity contribution in [2.24, 2.45) is 7.05 Å². The van der Waals surface area contributed by atoms with Gasteiger partial charge in [-0.1, -0.05) is 11.6 Å². The molecule has 22 heavy (non-hydrogen) atoms. The number of hydrogen-bond donors (Lipinski definition) is 1. The summed E-state index contributed by atoms with van der Waals surface area (Å²) in [6.45, 7) is 7.24. The summed E-state index contributed by atoms with van der Waals surface area (Å²) in [6, 6.07) is 2.91. The van der Waals surface area contributed by atoms with Crippen LogP contribution < -0.4 is 4.72 Å². The van der Waals surface area contributed by atoms with Gasteiger partial charge >= 0.3 is 0 Å². The number of nitrogens with zero attached hydrogens (tertiary/aromatic N) is 2. The second-order valence-corrected chi connectivity index (χ2v) is 7.61. The molecule has 0 spiro atoms. The number of halogens is 1. The van der Waals surface area contributed by atoms with Crippen LogP contribution in [0.1, 0.15) is 35.3 Å². The van der Waals surface area contributed by atoms with E-state index in [1.165, 1.54) is 0 Å². The summed E-state index contributed by atoms with van der Waals surface area (Å²) < 4.78 is 29.7.